The highest BCUT2D eigenvalue weighted by molar-refractivity contribution is 7.22. The summed E-state index contributed by atoms with van der Waals surface area (Å²) >= 11 is 1.44. The zero-order valence-electron chi connectivity index (χ0n) is 38.0. The van der Waals surface area contributed by atoms with Crippen LogP contribution in [0.5, 0.6) is 23.0 Å². The SMILES string of the molecule is [C-]#[N+]CCCCN(/N=C/c1cc(OC(F)(F)c2ccc(-c3ccc(OC(=O)C=C)cc3)cc2)ccc1OC(=O)CCc1ccc(OCCCOCC2CCC3OC3C2)cc1)c1nc2ccccc2s1. The van der Waals surface area contributed by atoms with Crippen molar-refractivity contribution in [3.05, 3.63) is 156 Å². The molecule has 0 radical (unpaired) electrons. The third kappa shape index (κ3) is 13.8. The number of nitrogens with zero attached hydrogens (tertiary/aromatic N) is 4. The normalized spacial score (nSPS) is 16.3. The van der Waals surface area contributed by atoms with Crippen LogP contribution >= 0.6 is 11.3 Å². The molecule has 15 heteroatoms. The van der Waals surface area contributed by atoms with Crippen molar-refractivity contribution in [3.63, 3.8) is 0 Å². The van der Waals surface area contributed by atoms with E-state index < -0.39 is 23.6 Å². The van der Waals surface area contributed by atoms with E-state index in [0.29, 0.717) is 80.1 Å². The van der Waals surface area contributed by atoms with Crippen LogP contribution in [-0.2, 0) is 31.6 Å². The molecule has 12 nitrogen and oxygen atoms in total. The lowest BCUT2D eigenvalue weighted by atomic mass is 9.90. The van der Waals surface area contributed by atoms with Crippen molar-refractivity contribution in [2.24, 2.45) is 11.0 Å². The fraction of sp³-hybridized carbons (Fsp3) is 0.315. The van der Waals surface area contributed by atoms with Gasteiger partial charge in [-0.15, -0.1) is 0 Å². The molecular weight excluding hydrogens is 903 g/mol. The van der Waals surface area contributed by atoms with Crippen molar-refractivity contribution < 1.29 is 46.8 Å². The number of alkyl halides is 2. The van der Waals surface area contributed by atoms with Crippen molar-refractivity contribution in [1.29, 1.82) is 0 Å². The Hall–Kier alpha value is -6.99. The predicted octanol–water partition coefficient (Wildman–Crippen LogP) is 11.6. The highest BCUT2D eigenvalue weighted by Crippen LogP contribution is 2.40. The largest absolute Gasteiger partial charge is 0.494 e. The molecule has 5 aromatic carbocycles. The summed E-state index contributed by atoms with van der Waals surface area (Å²) < 4.78 is 66.5. The van der Waals surface area contributed by atoms with Crippen molar-refractivity contribution in [3.8, 4) is 34.1 Å². The van der Waals surface area contributed by atoms with E-state index in [9.17, 15) is 9.59 Å². The van der Waals surface area contributed by atoms with Crippen molar-refractivity contribution in [1.82, 2.24) is 4.98 Å². The number of esters is 2. The van der Waals surface area contributed by atoms with Crippen LogP contribution in [0.2, 0.25) is 0 Å². The van der Waals surface area contributed by atoms with Crippen molar-refractivity contribution in [2.45, 2.75) is 69.7 Å². The number of unbranched alkanes of at least 4 members (excludes halogenated alkanes) is 1. The third-order valence-electron chi connectivity index (χ3n) is 11.7. The van der Waals surface area contributed by atoms with Crippen LogP contribution in [0.25, 0.3) is 26.2 Å². The molecular formula is C54H52F2N4O8S. The van der Waals surface area contributed by atoms with Gasteiger partial charge in [0.15, 0.2) is 0 Å². The van der Waals surface area contributed by atoms with Gasteiger partial charge in [0.05, 0.1) is 40.8 Å². The van der Waals surface area contributed by atoms with Crippen LogP contribution in [-0.4, -0.2) is 68.3 Å². The number of aromatic nitrogens is 1. The number of hydrazone groups is 1. The van der Waals surface area contributed by atoms with Gasteiger partial charge in [-0.1, -0.05) is 66.4 Å². The fourth-order valence-corrected chi connectivity index (χ4v) is 8.84. The number of anilines is 1. The van der Waals surface area contributed by atoms with E-state index in [4.69, 9.17) is 45.1 Å². The summed E-state index contributed by atoms with van der Waals surface area (Å²) in [6, 6.07) is 31.6. The van der Waals surface area contributed by atoms with E-state index in [0.717, 1.165) is 59.0 Å². The number of halogens is 2. The molecule has 356 valence electrons. The van der Waals surface area contributed by atoms with Crippen LogP contribution in [0.4, 0.5) is 13.9 Å². The molecule has 2 fully saturated rings. The van der Waals surface area contributed by atoms with Crippen molar-refractivity contribution in [2.75, 3.05) is 37.9 Å². The first kappa shape index (κ1) is 48.5. The van der Waals surface area contributed by atoms with Gasteiger partial charge < -0.3 is 33.3 Å². The maximum Gasteiger partial charge on any atom is 0.426 e. The molecule has 3 unspecified atom stereocenters. The van der Waals surface area contributed by atoms with Crippen LogP contribution in [0.3, 0.4) is 0 Å². The lowest BCUT2D eigenvalue weighted by Gasteiger charge is -2.20. The minimum atomic E-state index is -3.76. The molecule has 1 aromatic heterocycles. The molecule has 8 rings (SSSR count). The van der Waals surface area contributed by atoms with Gasteiger partial charge in [-0.2, -0.15) is 13.9 Å². The zero-order chi connectivity index (χ0) is 48.0. The molecule has 2 heterocycles. The number of epoxide rings is 1. The van der Waals surface area contributed by atoms with Gasteiger partial charge in [-0.05, 0) is 121 Å². The average molecular weight is 955 g/mol. The first-order chi connectivity index (χ1) is 33.6. The van der Waals surface area contributed by atoms with Crippen LogP contribution in [0.1, 0.15) is 61.6 Å². The van der Waals surface area contributed by atoms with Gasteiger partial charge >= 0.3 is 18.0 Å². The summed E-state index contributed by atoms with van der Waals surface area (Å²) in [5, 5.41) is 7.04. The Labute approximate surface area is 403 Å². The van der Waals surface area contributed by atoms with Crippen LogP contribution < -0.4 is 24.0 Å². The lowest BCUT2D eigenvalue weighted by molar-refractivity contribution is -0.185. The van der Waals surface area contributed by atoms with E-state index in [1.807, 2.05) is 48.5 Å². The third-order valence-corrected chi connectivity index (χ3v) is 12.7. The molecule has 1 aliphatic heterocycles. The summed E-state index contributed by atoms with van der Waals surface area (Å²) in [6.07, 6.45) is 5.59. The Balaban J connectivity index is 0.922. The minimum Gasteiger partial charge on any atom is -0.494 e. The predicted molar refractivity (Wildman–Crippen MR) is 261 cm³/mol. The number of thiazole rings is 1. The van der Waals surface area contributed by atoms with Gasteiger partial charge in [-0.3, -0.25) is 4.79 Å². The van der Waals surface area contributed by atoms with Gasteiger partial charge in [0.2, 0.25) is 11.7 Å². The Morgan fingerprint density at radius 1 is 0.884 bits per heavy atom. The molecule has 69 heavy (non-hydrogen) atoms. The molecule has 1 saturated carbocycles. The number of ether oxygens (including phenoxy) is 6. The molecule has 6 aromatic rings. The highest BCUT2D eigenvalue weighted by Gasteiger charge is 2.43. The number of carbonyl (C=O) groups excluding carboxylic acids is 2. The average Bonchev–Trinajstić information content (AvgIpc) is 4.02. The number of hydrogen-bond donors (Lipinski definition) is 0. The first-order valence-corrected chi connectivity index (χ1v) is 23.9. The molecule has 0 spiro atoms. The van der Waals surface area contributed by atoms with Gasteiger partial charge in [0.1, 0.15) is 23.0 Å². The summed E-state index contributed by atoms with van der Waals surface area (Å²) in [5.41, 5.74) is 2.90. The molecule has 0 amide bonds. The molecule has 0 bridgehead atoms. The standard InChI is InChI=1S/C54H52F2N4O8S/c1-3-51(61)65-44-23-17-40(18-24-44)39-15-19-42(20-16-39)54(55,56)68-45-25-27-47(41(34-45)35-58-60(30-7-6-29-57-2)53-59-46-9-4-5-10-50(46)69-53)67-52(62)28-14-37-11-21-43(22-12-37)64-32-8-31-63-36-38-13-26-48-49(33-38)66-48/h3-5,9-12,15-25,27,34-35,38,48-49H,1,6-8,13-14,26,28-33,36H2/b58-35+. The van der Waals surface area contributed by atoms with E-state index in [1.54, 1.807) is 41.4 Å². The number of carbonyl (C=O) groups is 2. The Morgan fingerprint density at radius 2 is 1.64 bits per heavy atom. The number of rotatable bonds is 24. The lowest BCUT2D eigenvalue weighted by Crippen LogP contribution is -2.22. The minimum absolute atomic E-state index is 0.0424. The second-order valence-electron chi connectivity index (χ2n) is 16.8. The summed E-state index contributed by atoms with van der Waals surface area (Å²) in [6.45, 7) is 13.3. The number of hydrogen-bond acceptors (Lipinski definition) is 12. The molecule has 2 aliphatic rings. The van der Waals surface area contributed by atoms with E-state index in [-0.39, 0.29) is 23.5 Å². The molecule has 0 N–H and O–H groups in total. The fourth-order valence-electron chi connectivity index (χ4n) is 7.89. The Kier molecular flexibility index (Phi) is 16.4. The molecule has 1 saturated heterocycles. The van der Waals surface area contributed by atoms with Crippen molar-refractivity contribution >= 4 is 44.8 Å². The maximum absolute atomic E-state index is 15.9. The molecule has 3 atom stereocenters. The number of para-hydroxylation sites is 1. The number of aryl methyl sites for hydroxylation is 1. The number of fused-ring (bicyclic) bond motifs is 2. The monoisotopic (exact) mass is 954 g/mol. The van der Waals surface area contributed by atoms with Crippen LogP contribution in [0, 0.1) is 12.5 Å². The zero-order valence-corrected chi connectivity index (χ0v) is 38.8. The smallest absolute Gasteiger partial charge is 0.426 e. The van der Waals surface area contributed by atoms with Gasteiger partial charge in [0.25, 0.3) is 0 Å². The topological polar surface area (TPSA) is 126 Å². The second-order valence-corrected chi connectivity index (χ2v) is 17.8. The van der Waals surface area contributed by atoms with Gasteiger partial charge in [-0.25, -0.2) is 21.4 Å². The van der Waals surface area contributed by atoms with Gasteiger partial charge in [0, 0.05) is 50.7 Å². The highest BCUT2D eigenvalue weighted by atomic mass is 32.1. The van der Waals surface area contributed by atoms with Crippen LogP contribution in [0.15, 0.2) is 133 Å². The number of benzene rings is 5. The summed E-state index contributed by atoms with van der Waals surface area (Å²) in [7, 11) is 0. The maximum atomic E-state index is 15.9. The first-order valence-electron chi connectivity index (χ1n) is 23.0. The van der Waals surface area contributed by atoms with E-state index >= 15 is 8.78 Å². The summed E-state index contributed by atoms with van der Waals surface area (Å²) in [4.78, 5) is 33.2. The Morgan fingerprint density at radius 3 is 2.39 bits per heavy atom. The van der Waals surface area contributed by atoms with E-state index in [1.165, 1.54) is 54.3 Å². The summed E-state index contributed by atoms with van der Waals surface area (Å²) in [5.74, 6) is 0.408. The Bertz CT molecular complexity index is 2730. The second kappa shape index (κ2) is 23.3. The quantitative estimate of drug-likeness (QED) is 0.00846. The molecule has 1 aliphatic carbocycles. The van der Waals surface area contributed by atoms with E-state index in [2.05, 4.69) is 11.4 Å².